The van der Waals surface area contributed by atoms with Crippen LogP contribution in [-0.4, -0.2) is 17.0 Å². The van der Waals surface area contributed by atoms with Crippen LogP contribution in [0.25, 0.3) is 0 Å². The van der Waals surface area contributed by atoms with E-state index in [1.807, 2.05) is 0 Å². The molecule has 7 heteroatoms. The number of aromatic carboxylic acids is 1. The van der Waals surface area contributed by atoms with Gasteiger partial charge in [-0.2, -0.15) is 13.2 Å². The maximum atomic E-state index is 12.8. The molecule has 0 unspecified atom stereocenters. The van der Waals surface area contributed by atoms with Gasteiger partial charge in [0.05, 0.1) is 22.2 Å². The number of benzene rings is 1. The van der Waals surface area contributed by atoms with E-state index in [0.29, 0.717) is 6.07 Å². The highest BCUT2D eigenvalue weighted by Crippen LogP contribution is 2.43. The minimum Gasteiger partial charge on any atom is -0.478 e. The van der Waals surface area contributed by atoms with Crippen molar-refractivity contribution in [3.63, 3.8) is 0 Å². The fourth-order valence-corrected chi connectivity index (χ4v) is 1.99. The van der Waals surface area contributed by atoms with Crippen LogP contribution >= 0.6 is 0 Å². The van der Waals surface area contributed by atoms with Crippen LogP contribution in [0.15, 0.2) is 12.1 Å². The summed E-state index contributed by atoms with van der Waals surface area (Å²) >= 11 is 0. The third-order valence-corrected chi connectivity index (χ3v) is 3.18. The fraction of sp³-hybridized carbons (Fsp3) is 0.333. The summed E-state index contributed by atoms with van der Waals surface area (Å²) in [5, 5.41) is 11.3. The molecule has 0 aromatic heterocycles. The maximum absolute atomic E-state index is 12.8. The van der Waals surface area contributed by atoms with Crippen LogP contribution in [0, 0.1) is 0 Å². The third kappa shape index (κ3) is 1.94. The number of hydrogen-bond acceptors (Lipinski definition) is 2. The Morgan fingerprint density at radius 3 is 2.37 bits per heavy atom. The fourth-order valence-electron chi connectivity index (χ4n) is 1.99. The molecule has 0 radical (unpaired) electrons. The van der Waals surface area contributed by atoms with Gasteiger partial charge in [-0.1, -0.05) is 0 Å². The molecule has 1 amide bonds. The molecule has 2 rings (SSSR count). The number of carboxylic acids is 1. The molecule has 0 bridgehead atoms. The van der Waals surface area contributed by atoms with Crippen LogP contribution in [0.5, 0.6) is 0 Å². The predicted octanol–water partition coefficient (Wildman–Crippen LogP) is 2.63. The van der Waals surface area contributed by atoms with Crippen LogP contribution in [-0.2, 0) is 16.4 Å². The number of rotatable bonds is 1. The summed E-state index contributed by atoms with van der Waals surface area (Å²) in [5.74, 6) is -2.04. The smallest absolute Gasteiger partial charge is 0.416 e. The minimum atomic E-state index is -4.67. The molecule has 19 heavy (non-hydrogen) atoms. The lowest BCUT2D eigenvalue weighted by atomic mass is 9.84. The highest BCUT2D eigenvalue weighted by atomic mass is 19.4. The highest BCUT2D eigenvalue weighted by molar-refractivity contribution is 6.11. The lowest BCUT2D eigenvalue weighted by molar-refractivity contribution is -0.137. The molecular formula is C12H10F3NO3. The molecular weight excluding hydrogens is 263 g/mol. The standard InChI is InChI=1S/C12H10F3NO3/c1-11(2)7-4-5(12(13,14)15)3-6(9(17)18)8(7)16-10(11)19/h3-4H,1-2H3,(H,16,19)(H,17,18). The highest BCUT2D eigenvalue weighted by Gasteiger charge is 2.43. The molecule has 1 aromatic carbocycles. The Kier molecular flexibility index (Phi) is 2.62. The number of carbonyl (C=O) groups is 2. The largest absolute Gasteiger partial charge is 0.478 e. The molecule has 0 spiro atoms. The van der Waals surface area contributed by atoms with Crippen molar-refractivity contribution in [1.29, 1.82) is 0 Å². The van der Waals surface area contributed by atoms with Gasteiger partial charge in [-0.3, -0.25) is 4.79 Å². The average molecular weight is 273 g/mol. The molecule has 0 aliphatic carbocycles. The molecule has 102 valence electrons. The lowest BCUT2D eigenvalue weighted by Gasteiger charge is -2.17. The second-order valence-corrected chi connectivity index (χ2v) is 4.83. The minimum absolute atomic E-state index is 0.0460. The second kappa shape index (κ2) is 3.72. The Morgan fingerprint density at radius 1 is 1.32 bits per heavy atom. The van der Waals surface area contributed by atoms with E-state index in [1.165, 1.54) is 13.8 Å². The van der Waals surface area contributed by atoms with Gasteiger partial charge in [0.2, 0.25) is 5.91 Å². The van der Waals surface area contributed by atoms with Crippen LogP contribution in [0.3, 0.4) is 0 Å². The van der Waals surface area contributed by atoms with Crippen molar-refractivity contribution in [3.05, 3.63) is 28.8 Å². The van der Waals surface area contributed by atoms with E-state index in [4.69, 9.17) is 5.11 Å². The summed E-state index contributed by atoms with van der Waals surface area (Å²) in [6.45, 7) is 2.89. The number of nitrogens with one attached hydrogen (secondary N) is 1. The first-order valence-electron chi connectivity index (χ1n) is 5.35. The summed E-state index contributed by atoms with van der Waals surface area (Å²) in [5.41, 5.74) is -2.84. The molecule has 1 aliphatic rings. The lowest BCUT2D eigenvalue weighted by Crippen LogP contribution is -2.27. The normalized spacial score (nSPS) is 17.0. The van der Waals surface area contributed by atoms with Crippen molar-refractivity contribution in [2.45, 2.75) is 25.4 Å². The van der Waals surface area contributed by atoms with E-state index < -0.39 is 34.6 Å². The number of amides is 1. The summed E-state index contributed by atoms with van der Waals surface area (Å²) in [6, 6.07) is 1.35. The Hall–Kier alpha value is -2.05. The first-order valence-corrected chi connectivity index (χ1v) is 5.35. The Balaban J connectivity index is 2.77. The first kappa shape index (κ1) is 13.4. The van der Waals surface area contributed by atoms with Gasteiger partial charge in [0.25, 0.3) is 0 Å². The topological polar surface area (TPSA) is 66.4 Å². The number of anilines is 1. The monoisotopic (exact) mass is 273 g/mol. The SMILES string of the molecule is CC1(C)C(=O)Nc2c(C(=O)O)cc(C(F)(F)F)cc21. The summed E-state index contributed by atoms with van der Waals surface area (Å²) < 4.78 is 38.3. The number of carboxylic acid groups (broad SMARTS) is 1. The zero-order valence-corrected chi connectivity index (χ0v) is 10.1. The van der Waals surface area contributed by atoms with Gasteiger partial charge >= 0.3 is 12.1 Å². The third-order valence-electron chi connectivity index (χ3n) is 3.18. The molecule has 0 saturated carbocycles. The average Bonchev–Trinajstić information content (AvgIpc) is 2.48. The van der Waals surface area contributed by atoms with Crippen molar-refractivity contribution in [3.8, 4) is 0 Å². The molecule has 1 aromatic rings. The molecule has 4 nitrogen and oxygen atoms in total. The van der Waals surface area contributed by atoms with E-state index in [0.717, 1.165) is 6.07 Å². The van der Waals surface area contributed by atoms with Gasteiger partial charge < -0.3 is 10.4 Å². The van der Waals surface area contributed by atoms with Crippen LogP contribution < -0.4 is 5.32 Å². The van der Waals surface area contributed by atoms with Gasteiger partial charge in [-0.05, 0) is 31.5 Å². The van der Waals surface area contributed by atoms with Gasteiger partial charge in [-0.15, -0.1) is 0 Å². The van der Waals surface area contributed by atoms with E-state index in [-0.39, 0.29) is 11.3 Å². The Labute approximate surface area is 106 Å². The van der Waals surface area contributed by atoms with Crippen LogP contribution in [0.4, 0.5) is 18.9 Å². The zero-order chi connectivity index (χ0) is 14.6. The zero-order valence-electron chi connectivity index (χ0n) is 10.1. The van der Waals surface area contributed by atoms with E-state index in [9.17, 15) is 22.8 Å². The quantitative estimate of drug-likeness (QED) is 0.826. The van der Waals surface area contributed by atoms with Crippen LogP contribution in [0.2, 0.25) is 0 Å². The van der Waals surface area contributed by atoms with E-state index >= 15 is 0 Å². The van der Waals surface area contributed by atoms with Gasteiger partial charge in [0, 0.05) is 0 Å². The second-order valence-electron chi connectivity index (χ2n) is 4.83. The maximum Gasteiger partial charge on any atom is 0.416 e. The molecule has 1 aliphatic heterocycles. The molecule has 1 heterocycles. The number of hydrogen-bond donors (Lipinski definition) is 2. The van der Waals surface area contributed by atoms with Crippen molar-refractivity contribution in [2.24, 2.45) is 0 Å². The number of fused-ring (bicyclic) bond motifs is 1. The van der Waals surface area contributed by atoms with Gasteiger partial charge in [0.15, 0.2) is 0 Å². The Morgan fingerprint density at radius 2 is 1.89 bits per heavy atom. The summed E-state index contributed by atoms with van der Waals surface area (Å²) in [7, 11) is 0. The van der Waals surface area contributed by atoms with Crippen molar-refractivity contribution < 1.29 is 27.9 Å². The summed E-state index contributed by atoms with van der Waals surface area (Å²) in [4.78, 5) is 22.7. The number of halogens is 3. The molecule has 2 N–H and O–H groups in total. The number of carbonyl (C=O) groups excluding carboxylic acids is 1. The predicted molar refractivity (Wildman–Crippen MR) is 60.1 cm³/mol. The number of alkyl halides is 3. The van der Waals surface area contributed by atoms with Gasteiger partial charge in [-0.25, -0.2) is 4.79 Å². The van der Waals surface area contributed by atoms with E-state index in [2.05, 4.69) is 5.32 Å². The first-order chi connectivity index (χ1) is 8.55. The van der Waals surface area contributed by atoms with Crippen molar-refractivity contribution >= 4 is 17.6 Å². The van der Waals surface area contributed by atoms with Crippen molar-refractivity contribution in [2.75, 3.05) is 5.32 Å². The summed E-state index contributed by atoms with van der Waals surface area (Å²) in [6.07, 6.45) is -4.67. The van der Waals surface area contributed by atoms with E-state index in [1.54, 1.807) is 0 Å². The van der Waals surface area contributed by atoms with Crippen LogP contribution in [0.1, 0.15) is 35.3 Å². The van der Waals surface area contributed by atoms with Gasteiger partial charge in [0.1, 0.15) is 0 Å². The Bertz CT molecular complexity index is 591. The molecule has 0 fully saturated rings. The molecule has 0 atom stereocenters. The van der Waals surface area contributed by atoms with Crippen molar-refractivity contribution in [1.82, 2.24) is 0 Å². The molecule has 0 saturated heterocycles.